The molecule has 4 heteroatoms. The third-order valence-corrected chi connectivity index (χ3v) is 1.82. The minimum atomic E-state index is 0.0664. The van der Waals surface area contributed by atoms with Gasteiger partial charge in [-0.3, -0.25) is 4.79 Å². The van der Waals surface area contributed by atoms with Gasteiger partial charge in [0.05, 0.1) is 19.3 Å². The number of carbonyl (C=O) groups is 1. The molecule has 0 aromatic carbocycles. The van der Waals surface area contributed by atoms with E-state index in [4.69, 9.17) is 9.84 Å². The monoisotopic (exact) mass is 173 g/mol. The normalized spacial score (nSPS) is 17.1. The van der Waals surface area contributed by atoms with Gasteiger partial charge in [-0.1, -0.05) is 0 Å². The highest BCUT2D eigenvalue weighted by Crippen LogP contribution is 2.01. The standard InChI is InChI=1S/C8H15NO3/c10-4-2-1-3-8(11)9-7-5-12-6-7/h7,10H,1-6H2,(H,9,11). The van der Waals surface area contributed by atoms with Crippen molar-refractivity contribution in [2.24, 2.45) is 0 Å². The van der Waals surface area contributed by atoms with Crippen molar-refractivity contribution in [3.05, 3.63) is 0 Å². The van der Waals surface area contributed by atoms with Crippen LogP contribution in [-0.4, -0.2) is 36.9 Å². The molecule has 0 radical (unpaired) electrons. The number of ether oxygens (including phenoxy) is 1. The van der Waals surface area contributed by atoms with E-state index in [2.05, 4.69) is 5.32 Å². The summed E-state index contributed by atoms with van der Waals surface area (Å²) >= 11 is 0. The first-order valence-corrected chi connectivity index (χ1v) is 4.31. The summed E-state index contributed by atoms with van der Waals surface area (Å²) in [4.78, 5) is 11.1. The van der Waals surface area contributed by atoms with Gasteiger partial charge < -0.3 is 15.2 Å². The first kappa shape index (κ1) is 9.48. The molecule has 1 aliphatic heterocycles. The van der Waals surface area contributed by atoms with Crippen LogP contribution in [0.5, 0.6) is 0 Å². The molecule has 1 rings (SSSR count). The van der Waals surface area contributed by atoms with Gasteiger partial charge in [0.1, 0.15) is 0 Å². The van der Waals surface area contributed by atoms with Gasteiger partial charge in [-0.15, -0.1) is 0 Å². The average Bonchev–Trinajstić information content (AvgIpc) is 1.98. The van der Waals surface area contributed by atoms with E-state index in [0.29, 0.717) is 26.1 Å². The van der Waals surface area contributed by atoms with Crippen LogP contribution in [0, 0.1) is 0 Å². The number of aliphatic hydroxyl groups is 1. The van der Waals surface area contributed by atoms with Crippen LogP contribution in [0.1, 0.15) is 19.3 Å². The highest BCUT2D eigenvalue weighted by atomic mass is 16.5. The third-order valence-electron chi connectivity index (χ3n) is 1.82. The second-order valence-corrected chi connectivity index (χ2v) is 2.98. The lowest BCUT2D eigenvalue weighted by molar-refractivity contribution is -0.125. The van der Waals surface area contributed by atoms with E-state index < -0.39 is 0 Å². The minimum absolute atomic E-state index is 0.0664. The highest BCUT2D eigenvalue weighted by Gasteiger charge is 2.19. The maximum atomic E-state index is 11.1. The van der Waals surface area contributed by atoms with Crippen molar-refractivity contribution >= 4 is 5.91 Å². The van der Waals surface area contributed by atoms with E-state index in [0.717, 1.165) is 6.42 Å². The Morgan fingerprint density at radius 1 is 1.50 bits per heavy atom. The van der Waals surface area contributed by atoms with E-state index in [1.165, 1.54) is 0 Å². The first-order chi connectivity index (χ1) is 5.83. The number of aliphatic hydroxyl groups excluding tert-OH is 1. The highest BCUT2D eigenvalue weighted by molar-refractivity contribution is 5.76. The maximum absolute atomic E-state index is 11.1. The molecular formula is C8H15NO3. The molecule has 1 saturated heterocycles. The Bertz CT molecular complexity index is 145. The molecule has 0 aliphatic carbocycles. The molecule has 0 saturated carbocycles. The van der Waals surface area contributed by atoms with Gasteiger partial charge in [0.25, 0.3) is 0 Å². The molecule has 70 valence electrons. The fraction of sp³-hybridized carbons (Fsp3) is 0.875. The molecule has 0 aromatic rings. The Morgan fingerprint density at radius 3 is 2.75 bits per heavy atom. The molecule has 0 atom stereocenters. The molecule has 4 nitrogen and oxygen atoms in total. The molecule has 1 fully saturated rings. The van der Waals surface area contributed by atoms with Gasteiger partial charge in [0, 0.05) is 13.0 Å². The van der Waals surface area contributed by atoms with E-state index >= 15 is 0 Å². The predicted octanol–water partition coefficient (Wildman–Crippen LogP) is -0.336. The summed E-state index contributed by atoms with van der Waals surface area (Å²) in [5.41, 5.74) is 0. The van der Waals surface area contributed by atoms with Crippen molar-refractivity contribution in [3.63, 3.8) is 0 Å². The third kappa shape index (κ3) is 3.19. The Balaban J connectivity index is 1.95. The molecular weight excluding hydrogens is 158 g/mol. The number of amides is 1. The number of rotatable bonds is 5. The van der Waals surface area contributed by atoms with Gasteiger partial charge in [-0.2, -0.15) is 0 Å². The predicted molar refractivity (Wildman–Crippen MR) is 43.7 cm³/mol. The zero-order chi connectivity index (χ0) is 8.81. The number of hydrogen-bond donors (Lipinski definition) is 2. The van der Waals surface area contributed by atoms with Crippen molar-refractivity contribution < 1.29 is 14.6 Å². The summed E-state index contributed by atoms with van der Waals surface area (Å²) in [5, 5.41) is 11.3. The van der Waals surface area contributed by atoms with Crippen LogP contribution < -0.4 is 5.32 Å². The summed E-state index contributed by atoms with van der Waals surface area (Å²) in [6, 6.07) is 0.228. The number of hydrogen-bond acceptors (Lipinski definition) is 3. The van der Waals surface area contributed by atoms with E-state index in [1.807, 2.05) is 0 Å². The van der Waals surface area contributed by atoms with Gasteiger partial charge >= 0.3 is 0 Å². The van der Waals surface area contributed by atoms with Gasteiger partial charge in [0.15, 0.2) is 0 Å². The smallest absolute Gasteiger partial charge is 0.220 e. The Hall–Kier alpha value is -0.610. The molecule has 0 bridgehead atoms. The van der Waals surface area contributed by atoms with Crippen LogP contribution in [0.4, 0.5) is 0 Å². The molecule has 12 heavy (non-hydrogen) atoms. The summed E-state index contributed by atoms with van der Waals surface area (Å²) < 4.78 is 4.91. The molecule has 1 heterocycles. The van der Waals surface area contributed by atoms with Gasteiger partial charge in [0.2, 0.25) is 5.91 Å². The summed E-state index contributed by atoms with van der Waals surface area (Å²) in [5.74, 6) is 0.0664. The van der Waals surface area contributed by atoms with Crippen molar-refractivity contribution in [2.75, 3.05) is 19.8 Å². The summed E-state index contributed by atoms with van der Waals surface area (Å²) in [7, 11) is 0. The number of nitrogens with one attached hydrogen (secondary N) is 1. The molecule has 0 unspecified atom stereocenters. The summed E-state index contributed by atoms with van der Waals surface area (Å²) in [6.45, 7) is 1.46. The lowest BCUT2D eigenvalue weighted by Gasteiger charge is -2.26. The Labute approximate surface area is 71.9 Å². The van der Waals surface area contributed by atoms with Crippen LogP contribution in [0.25, 0.3) is 0 Å². The second kappa shape index (κ2) is 5.11. The average molecular weight is 173 g/mol. The zero-order valence-electron chi connectivity index (χ0n) is 7.08. The molecule has 0 spiro atoms. The number of carbonyl (C=O) groups excluding carboxylic acids is 1. The second-order valence-electron chi connectivity index (χ2n) is 2.98. The van der Waals surface area contributed by atoms with Crippen LogP contribution in [0.15, 0.2) is 0 Å². The minimum Gasteiger partial charge on any atom is -0.396 e. The van der Waals surface area contributed by atoms with Gasteiger partial charge in [-0.05, 0) is 12.8 Å². The molecule has 1 aliphatic rings. The zero-order valence-corrected chi connectivity index (χ0v) is 7.08. The van der Waals surface area contributed by atoms with Crippen LogP contribution in [0.2, 0.25) is 0 Å². The summed E-state index contributed by atoms with van der Waals surface area (Å²) in [6.07, 6.45) is 1.97. The van der Waals surface area contributed by atoms with E-state index in [9.17, 15) is 4.79 Å². The van der Waals surface area contributed by atoms with Crippen molar-refractivity contribution in [1.29, 1.82) is 0 Å². The van der Waals surface area contributed by atoms with Crippen LogP contribution >= 0.6 is 0 Å². The fourth-order valence-corrected chi connectivity index (χ4v) is 1.02. The Morgan fingerprint density at radius 2 is 2.25 bits per heavy atom. The van der Waals surface area contributed by atoms with Gasteiger partial charge in [-0.25, -0.2) is 0 Å². The van der Waals surface area contributed by atoms with E-state index in [-0.39, 0.29) is 18.6 Å². The van der Waals surface area contributed by atoms with Crippen molar-refractivity contribution in [3.8, 4) is 0 Å². The SMILES string of the molecule is O=C(CCCCO)NC1COC1. The largest absolute Gasteiger partial charge is 0.396 e. The van der Waals surface area contributed by atoms with E-state index in [1.54, 1.807) is 0 Å². The maximum Gasteiger partial charge on any atom is 0.220 e. The lowest BCUT2D eigenvalue weighted by Crippen LogP contribution is -2.48. The Kier molecular flexibility index (Phi) is 4.04. The van der Waals surface area contributed by atoms with Crippen molar-refractivity contribution in [1.82, 2.24) is 5.32 Å². The topological polar surface area (TPSA) is 58.6 Å². The number of unbranched alkanes of at least 4 members (excludes halogenated alkanes) is 1. The first-order valence-electron chi connectivity index (χ1n) is 4.31. The van der Waals surface area contributed by atoms with Crippen LogP contribution in [-0.2, 0) is 9.53 Å². The van der Waals surface area contributed by atoms with Crippen molar-refractivity contribution in [2.45, 2.75) is 25.3 Å². The fourth-order valence-electron chi connectivity index (χ4n) is 1.02. The molecule has 0 aromatic heterocycles. The molecule has 2 N–H and O–H groups in total. The lowest BCUT2D eigenvalue weighted by atomic mass is 10.2. The molecule has 1 amide bonds. The van der Waals surface area contributed by atoms with Crippen LogP contribution in [0.3, 0.4) is 0 Å². The quantitative estimate of drug-likeness (QED) is 0.559.